The highest BCUT2D eigenvalue weighted by atomic mass is 16.5. The maximum atomic E-state index is 11.8. The predicted molar refractivity (Wildman–Crippen MR) is 62.8 cm³/mol. The van der Waals surface area contributed by atoms with E-state index in [1.165, 1.54) is 0 Å². The first-order valence-corrected chi connectivity index (χ1v) is 5.96. The number of amides is 1. The molecule has 1 N–H and O–H groups in total. The summed E-state index contributed by atoms with van der Waals surface area (Å²) in [4.78, 5) is 15.6. The molecule has 0 bridgehead atoms. The number of likely N-dealkylation sites (N-methyl/N-ethyl adjacent to an activating group) is 1. The second kappa shape index (κ2) is 8.41. The van der Waals surface area contributed by atoms with Gasteiger partial charge in [-0.3, -0.25) is 9.69 Å². The van der Waals surface area contributed by atoms with Gasteiger partial charge in [0.05, 0.1) is 39.6 Å². The lowest BCUT2D eigenvalue weighted by atomic mass is 10.4. The molecule has 0 aliphatic carbocycles. The average molecular weight is 246 g/mol. The first-order chi connectivity index (χ1) is 8.24. The maximum Gasteiger partial charge on any atom is 0.236 e. The Balaban J connectivity index is 2.11. The zero-order valence-corrected chi connectivity index (χ0v) is 10.4. The Hall–Kier alpha value is -0.690. The molecule has 6 heteroatoms. The van der Waals surface area contributed by atoms with Crippen molar-refractivity contribution in [2.45, 2.75) is 0 Å². The molecule has 0 aromatic carbocycles. The lowest BCUT2D eigenvalue weighted by Gasteiger charge is -2.28. The van der Waals surface area contributed by atoms with E-state index in [0.29, 0.717) is 52.6 Å². The van der Waals surface area contributed by atoms with E-state index in [1.807, 2.05) is 16.8 Å². The fraction of sp³-hybridized carbons (Fsp3) is 0.909. The van der Waals surface area contributed by atoms with Crippen molar-refractivity contribution in [3.63, 3.8) is 0 Å². The van der Waals surface area contributed by atoms with Crippen LogP contribution in [0.25, 0.3) is 0 Å². The van der Waals surface area contributed by atoms with Crippen LogP contribution >= 0.6 is 0 Å². The SMILES string of the molecule is CN(CCOCCO)CC(=O)N1CCOCC1. The zero-order valence-electron chi connectivity index (χ0n) is 10.4. The Morgan fingerprint density at radius 1 is 1.41 bits per heavy atom. The molecule has 1 amide bonds. The zero-order chi connectivity index (χ0) is 12.5. The van der Waals surface area contributed by atoms with E-state index in [4.69, 9.17) is 14.6 Å². The van der Waals surface area contributed by atoms with Crippen LogP contribution in [0.2, 0.25) is 0 Å². The molecular formula is C11H22N2O4. The lowest BCUT2D eigenvalue weighted by Crippen LogP contribution is -2.45. The summed E-state index contributed by atoms with van der Waals surface area (Å²) in [5, 5.41) is 8.54. The Labute approximate surface area is 102 Å². The number of ether oxygens (including phenoxy) is 2. The van der Waals surface area contributed by atoms with Crippen molar-refractivity contribution in [1.82, 2.24) is 9.80 Å². The first-order valence-electron chi connectivity index (χ1n) is 5.96. The number of morpholine rings is 1. The van der Waals surface area contributed by atoms with E-state index in [9.17, 15) is 4.79 Å². The Bertz CT molecular complexity index is 220. The van der Waals surface area contributed by atoms with Crippen molar-refractivity contribution >= 4 is 5.91 Å². The lowest BCUT2D eigenvalue weighted by molar-refractivity contribution is -0.136. The third-order valence-electron chi connectivity index (χ3n) is 2.62. The normalized spacial score (nSPS) is 16.5. The van der Waals surface area contributed by atoms with Gasteiger partial charge in [0.2, 0.25) is 5.91 Å². The van der Waals surface area contributed by atoms with Crippen LogP contribution in [0.3, 0.4) is 0 Å². The quantitative estimate of drug-likeness (QED) is 0.571. The molecule has 0 aromatic rings. The molecule has 100 valence electrons. The Kier molecular flexibility index (Phi) is 7.11. The highest BCUT2D eigenvalue weighted by molar-refractivity contribution is 5.78. The van der Waals surface area contributed by atoms with Gasteiger partial charge in [-0.1, -0.05) is 0 Å². The Morgan fingerprint density at radius 2 is 2.12 bits per heavy atom. The van der Waals surface area contributed by atoms with E-state index in [1.54, 1.807) is 0 Å². The van der Waals surface area contributed by atoms with Crippen LogP contribution in [0.1, 0.15) is 0 Å². The van der Waals surface area contributed by atoms with Crippen LogP contribution in [-0.2, 0) is 14.3 Å². The van der Waals surface area contributed by atoms with Crippen molar-refractivity contribution < 1.29 is 19.4 Å². The van der Waals surface area contributed by atoms with Crippen LogP contribution in [0.4, 0.5) is 0 Å². The Morgan fingerprint density at radius 3 is 2.76 bits per heavy atom. The molecule has 1 aliphatic heterocycles. The van der Waals surface area contributed by atoms with Gasteiger partial charge >= 0.3 is 0 Å². The molecule has 0 spiro atoms. The van der Waals surface area contributed by atoms with Gasteiger partial charge in [0.1, 0.15) is 0 Å². The fourth-order valence-corrected chi connectivity index (χ4v) is 1.61. The first kappa shape index (κ1) is 14.4. The summed E-state index contributed by atoms with van der Waals surface area (Å²) >= 11 is 0. The summed E-state index contributed by atoms with van der Waals surface area (Å²) in [6, 6.07) is 0. The predicted octanol–water partition coefficient (Wildman–Crippen LogP) is -1.21. The van der Waals surface area contributed by atoms with E-state index in [0.717, 1.165) is 0 Å². The van der Waals surface area contributed by atoms with Crippen LogP contribution in [0, 0.1) is 0 Å². The molecule has 1 heterocycles. The topological polar surface area (TPSA) is 62.2 Å². The summed E-state index contributed by atoms with van der Waals surface area (Å²) in [7, 11) is 1.89. The number of carbonyl (C=O) groups excluding carboxylic acids is 1. The van der Waals surface area contributed by atoms with Crippen molar-refractivity contribution in [2.24, 2.45) is 0 Å². The number of aliphatic hydroxyl groups excluding tert-OH is 1. The average Bonchev–Trinajstić information content (AvgIpc) is 2.36. The van der Waals surface area contributed by atoms with Crippen molar-refractivity contribution in [3.05, 3.63) is 0 Å². The van der Waals surface area contributed by atoms with Crippen LogP contribution < -0.4 is 0 Å². The smallest absolute Gasteiger partial charge is 0.236 e. The second-order valence-corrected chi connectivity index (χ2v) is 4.07. The van der Waals surface area contributed by atoms with Crippen LogP contribution in [0.15, 0.2) is 0 Å². The molecule has 1 fully saturated rings. The van der Waals surface area contributed by atoms with Gasteiger partial charge in [0.25, 0.3) is 0 Å². The highest BCUT2D eigenvalue weighted by Gasteiger charge is 2.17. The minimum absolute atomic E-state index is 0.0381. The van der Waals surface area contributed by atoms with Crippen LogP contribution in [0.5, 0.6) is 0 Å². The summed E-state index contributed by atoms with van der Waals surface area (Å²) in [5.74, 6) is 0.137. The van der Waals surface area contributed by atoms with Gasteiger partial charge < -0.3 is 19.5 Å². The number of nitrogens with zero attached hydrogens (tertiary/aromatic N) is 2. The minimum atomic E-state index is 0.0381. The molecule has 0 saturated carbocycles. The molecule has 0 aromatic heterocycles. The molecule has 1 aliphatic rings. The number of rotatable bonds is 7. The van der Waals surface area contributed by atoms with E-state index in [-0.39, 0.29) is 12.5 Å². The molecule has 1 saturated heterocycles. The molecule has 0 radical (unpaired) electrons. The summed E-state index contributed by atoms with van der Waals surface area (Å²) < 4.78 is 10.3. The maximum absolute atomic E-state index is 11.8. The standard InChI is InChI=1S/C11H22N2O4/c1-12(2-6-17-9-5-14)10-11(15)13-3-7-16-8-4-13/h14H,2-10H2,1H3. The van der Waals surface area contributed by atoms with Gasteiger partial charge in [-0.2, -0.15) is 0 Å². The highest BCUT2D eigenvalue weighted by Crippen LogP contribution is 1.98. The van der Waals surface area contributed by atoms with Gasteiger partial charge in [0.15, 0.2) is 0 Å². The summed E-state index contributed by atoms with van der Waals surface area (Å²) in [6.07, 6.45) is 0. The fourth-order valence-electron chi connectivity index (χ4n) is 1.61. The number of carbonyl (C=O) groups is 1. The largest absolute Gasteiger partial charge is 0.394 e. The number of hydrogen-bond donors (Lipinski definition) is 1. The van der Waals surface area contributed by atoms with E-state index < -0.39 is 0 Å². The molecule has 17 heavy (non-hydrogen) atoms. The molecule has 0 atom stereocenters. The third-order valence-corrected chi connectivity index (χ3v) is 2.62. The van der Waals surface area contributed by atoms with Gasteiger partial charge in [-0.25, -0.2) is 0 Å². The van der Waals surface area contributed by atoms with Crippen molar-refractivity contribution in [1.29, 1.82) is 0 Å². The summed E-state index contributed by atoms with van der Waals surface area (Å²) in [5.41, 5.74) is 0. The van der Waals surface area contributed by atoms with Crippen LogP contribution in [-0.4, -0.2) is 87.1 Å². The van der Waals surface area contributed by atoms with Crippen molar-refractivity contribution in [3.8, 4) is 0 Å². The van der Waals surface area contributed by atoms with Gasteiger partial charge in [-0.15, -0.1) is 0 Å². The monoisotopic (exact) mass is 246 g/mol. The summed E-state index contributed by atoms with van der Waals surface area (Å²) in [6.45, 7) is 4.67. The molecule has 6 nitrogen and oxygen atoms in total. The minimum Gasteiger partial charge on any atom is -0.394 e. The molecular weight excluding hydrogens is 224 g/mol. The van der Waals surface area contributed by atoms with Gasteiger partial charge in [-0.05, 0) is 7.05 Å². The van der Waals surface area contributed by atoms with Gasteiger partial charge in [0, 0.05) is 19.6 Å². The molecule has 0 unspecified atom stereocenters. The third kappa shape index (κ3) is 5.97. The number of hydrogen-bond acceptors (Lipinski definition) is 5. The van der Waals surface area contributed by atoms with Crippen molar-refractivity contribution in [2.75, 3.05) is 66.3 Å². The van der Waals surface area contributed by atoms with E-state index >= 15 is 0 Å². The van der Waals surface area contributed by atoms with E-state index in [2.05, 4.69) is 0 Å². The second-order valence-electron chi connectivity index (χ2n) is 4.07. The molecule has 1 rings (SSSR count). The number of aliphatic hydroxyl groups is 1.